The summed E-state index contributed by atoms with van der Waals surface area (Å²) >= 11 is 0.897. The van der Waals surface area contributed by atoms with Crippen molar-refractivity contribution in [3.63, 3.8) is 0 Å². The predicted molar refractivity (Wildman–Crippen MR) is 78.7 cm³/mol. The van der Waals surface area contributed by atoms with Crippen LogP contribution in [0.1, 0.15) is 12.8 Å². The van der Waals surface area contributed by atoms with E-state index in [1.54, 1.807) is 6.26 Å². The van der Waals surface area contributed by atoms with Crippen LogP contribution in [0.5, 0.6) is 0 Å². The summed E-state index contributed by atoms with van der Waals surface area (Å²) in [6, 6.07) is 0. The fourth-order valence-electron chi connectivity index (χ4n) is 1.86. The number of thioether (sulfide) groups is 1. The third kappa shape index (κ3) is 5.47. The molecular formula is C11H21NO7S2. The fraction of sp³-hybridized carbons (Fsp3) is 0.909. The molecule has 0 aromatic rings. The summed E-state index contributed by atoms with van der Waals surface area (Å²) in [6.07, 6.45) is -2.81. The number of rotatable bonds is 6. The van der Waals surface area contributed by atoms with Crippen molar-refractivity contribution >= 4 is 27.6 Å². The average molecular weight is 343 g/mol. The molecule has 0 amide bonds. The number of nitrogens with zero attached hydrogens (tertiary/aromatic N) is 1. The molecule has 1 heterocycles. The van der Waals surface area contributed by atoms with E-state index in [9.17, 15) is 19.5 Å². The molecule has 0 spiro atoms. The van der Waals surface area contributed by atoms with Crippen molar-refractivity contribution < 1.29 is 34.6 Å². The van der Waals surface area contributed by atoms with Gasteiger partial charge in [0.1, 0.15) is 34.9 Å². The first-order valence-corrected chi connectivity index (χ1v) is 8.99. The molecule has 5 N–H and O–H groups in total. The van der Waals surface area contributed by atoms with E-state index < -0.39 is 47.3 Å². The van der Waals surface area contributed by atoms with Crippen molar-refractivity contribution in [2.45, 2.75) is 42.7 Å². The van der Waals surface area contributed by atoms with Gasteiger partial charge in [-0.2, -0.15) is 0 Å². The molecule has 1 aliphatic rings. The highest BCUT2D eigenvalue weighted by Gasteiger charge is 2.44. The largest absolute Gasteiger partial charge is 0.410 e. The first kappa shape index (κ1) is 18.8. The lowest BCUT2D eigenvalue weighted by Crippen LogP contribution is -2.57. The summed E-state index contributed by atoms with van der Waals surface area (Å²) in [5.41, 5.74) is -0.974. The first-order chi connectivity index (χ1) is 9.90. The summed E-state index contributed by atoms with van der Waals surface area (Å²) in [7, 11) is -0.948. The highest BCUT2D eigenvalue weighted by molar-refractivity contribution is 8.14. The van der Waals surface area contributed by atoms with E-state index in [1.807, 2.05) is 0 Å². The number of ether oxygens (including phenoxy) is 1. The lowest BCUT2D eigenvalue weighted by molar-refractivity contribution is -0.205. The zero-order valence-corrected chi connectivity index (χ0v) is 13.2. The highest BCUT2D eigenvalue weighted by atomic mass is 32.2. The van der Waals surface area contributed by atoms with Crippen molar-refractivity contribution in [3.8, 4) is 0 Å². The van der Waals surface area contributed by atoms with Crippen LogP contribution >= 0.6 is 11.8 Å². The number of aliphatic hydroxyl groups is 4. The van der Waals surface area contributed by atoms with Gasteiger partial charge in [-0.1, -0.05) is 16.9 Å². The van der Waals surface area contributed by atoms with Crippen LogP contribution in [0.3, 0.4) is 0 Å². The normalized spacial score (nSPS) is 35.7. The summed E-state index contributed by atoms with van der Waals surface area (Å²) in [5, 5.41) is 50.5. The van der Waals surface area contributed by atoms with Gasteiger partial charge >= 0.3 is 0 Å². The molecule has 6 unspecified atom stereocenters. The number of hydrogen-bond donors (Lipinski definition) is 5. The van der Waals surface area contributed by atoms with Crippen molar-refractivity contribution in [2.24, 2.45) is 5.16 Å². The molecule has 1 rings (SSSR count). The van der Waals surface area contributed by atoms with Gasteiger partial charge in [-0.3, -0.25) is 4.21 Å². The third-order valence-corrected chi connectivity index (χ3v) is 5.08. The van der Waals surface area contributed by atoms with E-state index in [2.05, 4.69) is 5.16 Å². The average Bonchev–Trinajstić information content (AvgIpc) is 2.45. The second-order valence-corrected chi connectivity index (χ2v) is 7.42. The van der Waals surface area contributed by atoms with Gasteiger partial charge in [0, 0.05) is 29.2 Å². The fourth-order valence-corrected chi connectivity index (χ4v) is 3.49. The Labute approximate surface area is 129 Å². The van der Waals surface area contributed by atoms with E-state index in [1.165, 1.54) is 0 Å². The maximum atomic E-state index is 11.0. The maximum absolute atomic E-state index is 11.0. The van der Waals surface area contributed by atoms with Gasteiger partial charge in [0.2, 0.25) is 0 Å². The standard InChI is InChI=1S/C11H21NO7S2/c1-21(18)4-2-3-7(12-17)20-11-10(16)9(15)8(14)6(5-13)19-11/h6,8-11,13-17H,2-5H2,1H3. The molecule has 0 bridgehead atoms. The second-order valence-electron chi connectivity index (χ2n) is 4.69. The molecule has 0 saturated carbocycles. The molecule has 1 aliphatic heterocycles. The third-order valence-electron chi connectivity index (χ3n) is 3.03. The van der Waals surface area contributed by atoms with Crippen LogP contribution in [0.4, 0.5) is 0 Å². The molecule has 0 radical (unpaired) electrons. The molecule has 0 aromatic carbocycles. The zero-order chi connectivity index (χ0) is 16.0. The predicted octanol–water partition coefficient (Wildman–Crippen LogP) is -1.53. The monoisotopic (exact) mass is 343 g/mol. The Morgan fingerprint density at radius 2 is 1.95 bits per heavy atom. The molecule has 0 aromatic heterocycles. The summed E-state index contributed by atoms with van der Waals surface area (Å²) < 4.78 is 16.3. The Hall–Kier alpha value is -0.230. The van der Waals surface area contributed by atoms with Gasteiger partial charge in [-0.15, -0.1) is 0 Å². The van der Waals surface area contributed by atoms with Gasteiger partial charge < -0.3 is 30.4 Å². The van der Waals surface area contributed by atoms with Gasteiger partial charge in [0.05, 0.1) is 6.61 Å². The Kier molecular flexibility index (Phi) is 8.09. The summed E-state index contributed by atoms with van der Waals surface area (Å²) in [6.45, 7) is -0.511. The zero-order valence-electron chi connectivity index (χ0n) is 11.5. The van der Waals surface area contributed by atoms with Gasteiger partial charge in [-0.25, -0.2) is 0 Å². The van der Waals surface area contributed by atoms with Gasteiger partial charge in [-0.05, 0) is 6.42 Å². The van der Waals surface area contributed by atoms with Crippen LogP contribution in [-0.4, -0.2) is 83.4 Å². The van der Waals surface area contributed by atoms with Crippen LogP contribution in [-0.2, 0) is 15.5 Å². The molecule has 124 valence electrons. The van der Waals surface area contributed by atoms with Crippen LogP contribution in [0, 0.1) is 0 Å². The van der Waals surface area contributed by atoms with E-state index >= 15 is 0 Å². The van der Waals surface area contributed by atoms with Gasteiger partial charge in [0.25, 0.3) is 0 Å². The van der Waals surface area contributed by atoms with E-state index in [0.717, 1.165) is 11.8 Å². The minimum absolute atomic E-state index is 0.254. The van der Waals surface area contributed by atoms with Crippen molar-refractivity contribution in [1.82, 2.24) is 0 Å². The van der Waals surface area contributed by atoms with Crippen LogP contribution in [0.15, 0.2) is 5.16 Å². The summed E-state index contributed by atoms with van der Waals surface area (Å²) in [5.74, 6) is 0.453. The minimum Gasteiger partial charge on any atom is -0.410 e. The summed E-state index contributed by atoms with van der Waals surface area (Å²) in [4.78, 5) is 0. The van der Waals surface area contributed by atoms with Crippen molar-refractivity contribution in [2.75, 3.05) is 18.6 Å². The number of aliphatic hydroxyl groups excluding tert-OH is 4. The topological polar surface area (TPSA) is 140 Å². The Bertz CT molecular complexity index is 380. The molecule has 8 nitrogen and oxygen atoms in total. The van der Waals surface area contributed by atoms with Crippen LogP contribution < -0.4 is 0 Å². The Balaban J connectivity index is 2.60. The van der Waals surface area contributed by atoms with E-state index in [-0.39, 0.29) is 5.04 Å². The SMILES string of the molecule is CS(=O)CCCC(=NO)SC1OC(CO)C(O)C(O)C1O. The van der Waals surface area contributed by atoms with Gasteiger partial charge in [0.15, 0.2) is 0 Å². The Morgan fingerprint density at radius 1 is 1.29 bits per heavy atom. The Morgan fingerprint density at radius 3 is 2.48 bits per heavy atom. The quantitative estimate of drug-likeness (QED) is 0.169. The molecule has 6 atom stereocenters. The molecule has 21 heavy (non-hydrogen) atoms. The minimum atomic E-state index is -1.46. The number of oxime groups is 1. The lowest BCUT2D eigenvalue weighted by Gasteiger charge is -2.39. The number of hydrogen-bond acceptors (Lipinski definition) is 9. The molecular weight excluding hydrogens is 322 g/mol. The lowest BCUT2D eigenvalue weighted by atomic mass is 10.0. The van der Waals surface area contributed by atoms with Crippen LogP contribution in [0.2, 0.25) is 0 Å². The maximum Gasteiger partial charge on any atom is 0.138 e. The molecule has 0 aliphatic carbocycles. The van der Waals surface area contributed by atoms with Crippen molar-refractivity contribution in [3.05, 3.63) is 0 Å². The smallest absolute Gasteiger partial charge is 0.138 e. The van der Waals surface area contributed by atoms with Crippen LogP contribution in [0.25, 0.3) is 0 Å². The van der Waals surface area contributed by atoms with E-state index in [4.69, 9.17) is 15.1 Å². The second kappa shape index (κ2) is 9.03. The van der Waals surface area contributed by atoms with E-state index in [0.29, 0.717) is 18.6 Å². The highest BCUT2D eigenvalue weighted by Crippen LogP contribution is 2.30. The molecule has 1 fully saturated rings. The molecule has 1 saturated heterocycles. The van der Waals surface area contributed by atoms with Crippen molar-refractivity contribution in [1.29, 1.82) is 0 Å². The first-order valence-electron chi connectivity index (χ1n) is 6.38. The molecule has 10 heteroatoms.